The molecular formula is C19H18N4O3. The molecule has 0 aliphatic carbocycles. The van der Waals surface area contributed by atoms with Crippen LogP contribution in [-0.4, -0.2) is 38.7 Å². The van der Waals surface area contributed by atoms with Crippen LogP contribution in [-0.2, 0) is 0 Å². The van der Waals surface area contributed by atoms with E-state index >= 15 is 0 Å². The molecule has 7 heteroatoms. The Labute approximate surface area is 150 Å². The third-order valence-electron chi connectivity index (χ3n) is 5.00. The number of likely N-dealkylation sites (tertiary alicyclic amines) is 1. The van der Waals surface area contributed by atoms with Gasteiger partial charge in [0.25, 0.3) is 5.91 Å². The Morgan fingerprint density at radius 1 is 1.12 bits per heavy atom. The summed E-state index contributed by atoms with van der Waals surface area (Å²) in [6, 6.07) is 9.16. The number of rotatable bonds is 2. The maximum atomic E-state index is 13.2. The van der Waals surface area contributed by atoms with Crippen LogP contribution in [0, 0.1) is 0 Å². The number of hydrogen-bond acceptors (Lipinski definition) is 5. The number of aromatic nitrogens is 3. The van der Waals surface area contributed by atoms with Crippen molar-refractivity contribution in [1.29, 1.82) is 0 Å². The van der Waals surface area contributed by atoms with Crippen LogP contribution >= 0.6 is 0 Å². The van der Waals surface area contributed by atoms with Gasteiger partial charge in [-0.2, -0.15) is 5.10 Å². The van der Waals surface area contributed by atoms with E-state index in [1.807, 2.05) is 23.2 Å². The van der Waals surface area contributed by atoms with E-state index in [4.69, 9.17) is 14.5 Å². The summed E-state index contributed by atoms with van der Waals surface area (Å²) in [4.78, 5) is 19.8. The minimum atomic E-state index is -0.0263. The van der Waals surface area contributed by atoms with Crippen LogP contribution in [0.3, 0.4) is 0 Å². The van der Waals surface area contributed by atoms with Gasteiger partial charge in [0.15, 0.2) is 17.1 Å². The molecule has 2 aromatic heterocycles. The first-order valence-corrected chi connectivity index (χ1v) is 8.80. The highest BCUT2D eigenvalue weighted by molar-refractivity contribution is 5.95. The molecular weight excluding hydrogens is 332 g/mol. The molecule has 1 amide bonds. The van der Waals surface area contributed by atoms with E-state index in [9.17, 15) is 4.79 Å². The molecule has 132 valence electrons. The summed E-state index contributed by atoms with van der Waals surface area (Å²) in [7, 11) is 0. The maximum Gasteiger partial charge on any atom is 0.254 e. The molecule has 7 nitrogen and oxygen atoms in total. The number of fused-ring (bicyclic) bond motifs is 2. The van der Waals surface area contributed by atoms with Gasteiger partial charge >= 0.3 is 0 Å². The molecule has 2 aliphatic heterocycles. The third kappa shape index (κ3) is 2.47. The highest BCUT2D eigenvalue weighted by Gasteiger charge is 2.30. The molecule has 0 bridgehead atoms. The summed E-state index contributed by atoms with van der Waals surface area (Å²) < 4.78 is 12.5. The van der Waals surface area contributed by atoms with Crippen LogP contribution in [0.4, 0.5) is 0 Å². The van der Waals surface area contributed by atoms with Crippen molar-refractivity contribution in [3.63, 3.8) is 0 Å². The SMILES string of the molecule is O=C(c1ccc2c(c1)OCO2)N1CCCC[C@@H]1c1ccn2nccc2n1. The largest absolute Gasteiger partial charge is 0.454 e. The second-order valence-electron chi connectivity index (χ2n) is 6.56. The van der Waals surface area contributed by atoms with Gasteiger partial charge in [0.2, 0.25) is 6.79 Å². The van der Waals surface area contributed by atoms with Crippen LogP contribution in [0.15, 0.2) is 42.7 Å². The second-order valence-corrected chi connectivity index (χ2v) is 6.56. The quantitative estimate of drug-likeness (QED) is 0.711. The Hall–Kier alpha value is -3.09. The van der Waals surface area contributed by atoms with Crippen molar-refractivity contribution in [2.24, 2.45) is 0 Å². The predicted octanol–water partition coefficient (Wildman–Crippen LogP) is 2.83. The Balaban J connectivity index is 1.48. The lowest BCUT2D eigenvalue weighted by Crippen LogP contribution is -2.38. The van der Waals surface area contributed by atoms with Crippen LogP contribution in [0.2, 0.25) is 0 Å². The molecule has 5 rings (SSSR count). The minimum Gasteiger partial charge on any atom is -0.454 e. The standard InChI is InChI=1S/C19H18N4O3/c24-19(13-4-5-16-17(11-13)26-12-25-16)22-9-2-1-3-15(22)14-7-10-23-18(21-14)6-8-20-23/h4-8,10-11,15H,1-3,9,12H2/t15-/m1/s1. The number of ether oxygens (including phenoxy) is 2. The lowest BCUT2D eigenvalue weighted by molar-refractivity contribution is 0.0606. The molecule has 0 N–H and O–H groups in total. The van der Waals surface area contributed by atoms with Crippen LogP contribution in [0.25, 0.3) is 5.65 Å². The van der Waals surface area contributed by atoms with Crippen LogP contribution in [0.1, 0.15) is 41.4 Å². The first-order valence-electron chi connectivity index (χ1n) is 8.80. The van der Waals surface area contributed by atoms with Crippen LogP contribution in [0.5, 0.6) is 11.5 Å². The normalized spacial score (nSPS) is 19.1. The monoisotopic (exact) mass is 350 g/mol. The molecule has 2 aliphatic rings. The van der Waals surface area contributed by atoms with E-state index in [0.29, 0.717) is 17.1 Å². The Bertz CT molecular complexity index is 984. The Morgan fingerprint density at radius 3 is 3.00 bits per heavy atom. The van der Waals surface area contributed by atoms with Gasteiger partial charge in [-0.05, 0) is 43.5 Å². The number of benzene rings is 1. The number of carbonyl (C=O) groups is 1. The predicted molar refractivity (Wildman–Crippen MR) is 93.2 cm³/mol. The molecule has 0 unspecified atom stereocenters. The molecule has 1 fully saturated rings. The first-order chi connectivity index (χ1) is 12.8. The highest BCUT2D eigenvalue weighted by Crippen LogP contribution is 2.35. The lowest BCUT2D eigenvalue weighted by atomic mass is 9.98. The zero-order valence-electron chi connectivity index (χ0n) is 14.2. The Kier molecular flexibility index (Phi) is 3.51. The van der Waals surface area contributed by atoms with Crippen molar-refractivity contribution >= 4 is 11.6 Å². The van der Waals surface area contributed by atoms with E-state index in [0.717, 1.165) is 37.1 Å². The van der Waals surface area contributed by atoms with Crippen LogP contribution < -0.4 is 9.47 Å². The molecule has 4 heterocycles. The molecule has 0 saturated carbocycles. The summed E-state index contributed by atoms with van der Waals surface area (Å²) in [6.45, 7) is 0.929. The average molecular weight is 350 g/mol. The lowest BCUT2D eigenvalue weighted by Gasteiger charge is -2.35. The fraction of sp³-hybridized carbons (Fsp3) is 0.316. The van der Waals surface area contributed by atoms with Gasteiger partial charge in [0.1, 0.15) is 0 Å². The Morgan fingerprint density at radius 2 is 2.04 bits per heavy atom. The zero-order chi connectivity index (χ0) is 17.5. The van der Waals surface area contributed by atoms with Crippen molar-refractivity contribution in [2.75, 3.05) is 13.3 Å². The molecule has 3 aromatic rings. The third-order valence-corrected chi connectivity index (χ3v) is 5.00. The first kappa shape index (κ1) is 15.2. The second kappa shape index (κ2) is 6.01. The number of nitrogens with zero attached hydrogens (tertiary/aromatic N) is 4. The van der Waals surface area contributed by atoms with E-state index in [1.165, 1.54) is 0 Å². The van der Waals surface area contributed by atoms with E-state index < -0.39 is 0 Å². The van der Waals surface area contributed by atoms with Crippen molar-refractivity contribution in [3.8, 4) is 11.5 Å². The van der Waals surface area contributed by atoms with Gasteiger partial charge < -0.3 is 14.4 Å². The van der Waals surface area contributed by atoms with Crippen molar-refractivity contribution in [3.05, 3.63) is 54.0 Å². The van der Waals surface area contributed by atoms with Crippen molar-refractivity contribution in [2.45, 2.75) is 25.3 Å². The highest BCUT2D eigenvalue weighted by atomic mass is 16.7. The zero-order valence-corrected chi connectivity index (χ0v) is 14.2. The van der Waals surface area contributed by atoms with E-state index in [1.54, 1.807) is 28.9 Å². The number of carbonyl (C=O) groups excluding carboxylic acids is 1. The summed E-state index contributed by atoms with van der Waals surface area (Å²) >= 11 is 0. The maximum absolute atomic E-state index is 13.2. The van der Waals surface area contributed by atoms with E-state index in [2.05, 4.69) is 5.10 Å². The van der Waals surface area contributed by atoms with Crippen molar-refractivity contribution in [1.82, 2.24) is 19.5 Å². The smallest absolute Gasteiger partial charge is 0.254 e. The molecule has 0 radical (unpaired) electrons. The number of piperidine rings is 1. The molecule has 1 aromatic carbocycles. The number of amides is 1. The molecule has 1 atom stereocenters. The van der Waals surface area contributed by atoms with Gasteiger partial charge in [0.05, 0.1) is 17.9 Å². The van der Waals surface area contributed by atoms with Gasteiger partial charge in [-0.1, -0.05) is 0 Å². The fourth-order valence-corrected chi connectivity index (χ4v) is 3.69. The molecule has 26 heavy (non-hydrogen) atoms. The summed E-state index contributed by atoms with van der Waals surface area (Å²) in [5, 5.41) is 4.19. The fourth-order valence-electron chi connectivity index (χ4n) is 3.69. The topological polar surface area (TPSA) is 69.0 Å². The molecule has 0 spiro atoms. The van der Waals surface area contributed by atoms with Gasteiger partial charge in [-0.15, -0.1) is 0 Å². The van der Waals surface area contributed by atoms with Gasteiger partial charge in [-0.25, -0.2) is 9.50 Å². The minimum absolute atomic E-state index is 0.00295. The van der Waals surface area contributed by atoms with Gasteiger partial charge in [-0.3, -0.25) is 4.79 Å². The summed E-state index contributed by atoms with van der Waals surface area (Å²) in [5.74, 6) is 1.32. The van der Waals surface area contributed by atoms with E-state index in [-0.39, 0.29) is 18.7 Å². The average Bonchev–Trinajstić information content (AvgIpc) is 3.35. The molecule has 1 saturated heterocycles. The van der Waals surface area contributed by atoms with Crippen molar-refractivity contribution < 1.29 is 14.3 Å². The summed E-state index contributed by atoms with van der Waals surface area (Å²) in [5.41, 5.74) is 2.32. The summed E-state index contributed by atoms with van der Waals surface area (Å²) in [6.07, 6.45) is 6.62. The van der Waals surface area contributed by atoms with Gasteiger partial charge in [0, 0.05) is 24.4 Å². The number of hydrogen-bond donors (Lipinski definition) is 0.